The van der Waals surface area contributed by atoms with Crippen molar-refractivity contribution in [2.75, 3.05) is 4.90 Å². The predicted octanol–water partition coefficient (Wildman–Crippen LogP) is 14.6. The minimum absolute atomic E-state index is 0.896. The van der Waals surface area contributed by atoms with E-state index in [1.807, 2.05) is 12.1 Å². The second kappa shape index (κ2) is 12.6. The Hall–Kier alpha value is -7.36. The maximum absolute atomic E-state index is 6.28. The summed E-state index contributed by atoms with van der Waals surface area (Å²) >= 11 is 0. The Balaban J connectivity index is 1.04. The van der Waals surface area contributed by atoms with E-state index in [4.69, 9.17) is 4.42 Å². The zero-order valence-electron chi connectivity index (χ0n) is 29.9. The molecular weight excluding hydrogens is 669 g/mol. The number of para-hydroxylation sites is 3. The third kappa shape index (κ3) is 5.13. The third-order valence-corrected chi connectivity index (χ3v) is 11.0. The number of anilines is 3. The minimum atomic E-state index is 0.896. The molecule has 0 fully saturated rings. The topological polar surface area (TPSA) is 21.3 Å². The van der Waals surface area contributed by atoms with Gasteiger partial charge in [0.1, 0.15) is 11.2 Å². The molecule has 0 saturated carbocycles. The Bertz CT molecular complexity index is 3160. The first-order valence-electron chi connectivity index (χ1n) is 18.8. The third-order valence-electron chi connectivity index (χ3n) is 11.0. The average molecular weight is 703 g/mol. The van der Waals surface area contributed by atoms with E-state index < -0.39 is 0 Å². The van der Waals surface area contributed by atoms with Crippen LogP contribution in [0.4, 0.5) is 17.1 Å². The molecule has 55 heavy (non-hydrogen) atoms. The number of fused-ring (bicyclic) bond motifs is 7. The van der Waals surface area contributed by atoms with Gasteiger partial charge in [0.15, 0.2) is 0 Å². The lowest BCUT2D eigenvalue weighted by Crippen LogP contribution is -2.10. The van der Waals surface area contributed by atoms with Gasteiger partial charge in [-0.25, -0.2) is 0 Å². The highest BCUT2D eigenvalue weighted by Gasteiger charge is 2.19. The summed E-state index contributed by atoms with van der Waals surface area (Å²) in [4.78, 5) is 2.39. The number of rotatable bonds is 6. The second-order valence-corrected chi connectivity index (χ2v) is 14.1. The van der Waals surface area contributed by atoms with Gasteiger partial charge >= 0.3 is 0 Å². The van der Waals surface area contributed by atoms with Gasteiger partial charge in [0.05, 0.1) is 16.7 Å². The molecule has 2 heterocycles. The lowest BCUT2D eigenvalue weighted by Gasteiger charge is -2.27. The van der Waals surface area contributed by atoms with Crippen molar-refractivity contribution in [3.05, 3.63) is 206 Å². The highest BCUT2D eigenvalue weighted by atomic mass is 16.3. The van der Waals surface area contributed by atoms with Crippen molar-refractivity contribution in [2.45, 2.75) is 0 Å². The molecule has 0 bridgehead atoms. The second-order valence-electron chi connectivity index (χ2n) is 14.1. The molecule has 2 aromatic heterocycles. The normalized spacial score (nSPS) is 11.6. The van der Waals surface area contributed by atoms with Gasteiger partial charge in [-0.1, -0.05) is 140 Å². The zero-order chi connectivity index (χ0) is 36.3. The van der Waals surface area contributed by atoms with Crippen molar-refractivity contribution in [1.29, 1.82) is 0 Å². The van der Waals surface area contributed by atoms with Gasteiger partial charge in [-0.3, -0.25) is 0 Å². The molecule has 0 aliphatic carbocycles. The molecule has 0 atom stereocenters. The molecular formula is C52H34N2O. The van der Waals surface area contributed by atoms with Crippen molar-refractivity contribution in [3.8, 4) is 27.9 Å². The SMILES string of the molecule is c1cc(-c2cccc3oc4ccccc4c23)cc(N(c2ccc(-c3cccc(-n4c5ccccc5c5ccccc54)c3)cc2)c2cccc3ccccc23)c1. The Labute approximate surface area is 318 Å². The van der Waals surface area contributed by atoms with Gasteiger partial charge in [-0.2, -0.15) is 0 Å². The number of hydrogen-bond acceptors (Lipinski definition) is 2. The standard InChI is InChI=1S/C52H34N2O/c1-2-19-42-36(13-1)14-11-26-47(42)53(40-17-10-16-38(34-40)43-23-12-28-51-52(43)46-22-5-8-27-50(46)55-51)39-31-29-35(30-32-39)37-15-9-18-41(33-37)54-48-24-6-3-20-44(48)45-21-4-7-25-49(45)54/h1-34H. The summed E-state index contributed by atoms with van der Waals surface area (Å²) in [6.07, 6.45) is 0. The molecule has 0 saturated heterocycles. The van der Waals surface area contributed by atoms with Crippen molar-refractivity contribution in [3.63, 3.8) is 0 Å². The molecule has 0 N–H and O–H groups in total. The van der Waals surface area contributed by atoms with Crippen LogP contribution in [0.15, 0.2) is 211 Å². The van der Waals surface area contributed by atoms with E-state index in [2.05, 4.69) is 204 Å². The van der Waals surface area contributed by atoms with Crippen molar-refractivity contribution >= 4 is 71.6 Å². The largest absolute Gasteiger partial charge is 0.456 e. The summed E-state index contributed by atoms with van der Waals surface area (Å²) < 4.78 is 8.66. The molecule has 0 unspecified atom stereocenters. The van der Waals surface area contributed by atoms with E-state index in [0.29, 0.717) is 0 Å². The highest BCUT2D eigenvalue weighted by molar-refractivity contribution is 6.13. The molecule has 0 aliphatic heterocycles. The highest BCUT2D eigenvalue weighted by Crippen LogP contribution is 2.43. The van der Waals surface area contributed by atoms with E-state index in [-0.39, 0.29) is 0 Å². The first-order chi connectivity index (χ1) is 27.3. The molecule has 0 amide bonds. The van der Waals surface area contributed by atoms with Crippen LogP contribution in [0.1, 0.15) is 0 Å². The van der Waals surface area contributed by atoms with Crippen molar-refractivity contribution in [2.24, 2.45) is 0 Å². The van der Waals surface area contributed by atoms with Crippen LogP contribution < -0.4 is 4.90 Å². The van der Waals surface area contributed by atoms with Crippen molar-refractivity contribution in [1.82, 2.24) is 4.57 Å². The Morgan fingerprint density at radius 2 is 1.00 bits per heavy atom. The quantitative estimate of drug-likeness (QED) is 0.172. The number of benzene rings is 9. The fraction of sp³-hybridized carbons (Fsp3) is 0. The molecule has 3 heteroatoms. The average Bonchev–Trinajstić information content (AvgIpc) is 3.80. The molecule has 11 rings (SSSR count). The lowest BCUT2D eigenvalue weighted by atomic mass is 9.98. The monoisotopic (exact) mass is 702 g/mol. The van der Waals surface area contributed by atoms with Gasteiger partial charge in [-0.05, 0) is 94.4 Å². The first kappa shape index (κ1) is 31.2. The minimum Gasteiger partial charge on any atom is -0.456 e. The molecule has 11 aromatic rings. The summed E-state index contributed by atoms with van der Waals surface area (Å²) in [7, 11) is 0. The number of aromatic nitrogens is 1. The number of hydrogen-bond donors (Lipinski definition) is 0. The van der Waals surface area contributed by atoms with E-state index in [0.717, 1.165) is 61.4 Å². The Kier molecular flexibility index (Phi) is 7.17. The van der Waals surface area contributed by atoms with Gasteiger partial charge in [0.25, 0.3) is 0 Å². The lowest BCUT2D eigenvalue weighted by molar-refractivity contribution is 0.669. The van der Waals surface area contributed by atoms with Crippen molar-refractivity contribution < 1.29 is 4.42 Å². The predicted molar refractivity (Wildman–Crippen MR) is 231 cm³/mol. The van der Waals surface area contributed by atoms with Crippen LogP contribution >= 0.6 is 0 Å². The maximum Gasteiger partial charge on any atom is 0.136 e. The van der Waals surface area contributed by atoms with Crippen LogP contribution in [0.2, 0.25) is 0 Å². The van der Waals surface area contributed by atoms with Crippen LogP contribution in [-0.4, -0.2) is 4.57 Å². The van der Waals surface area contributed by atoms with Crippen LogP contribution in [0.25, 0.3) is 82.5 Å². The fourth-order valence-electron chi connectivity index (χ4n) is 8.49. The van der Waals surface area contributed by atoms with Gasteiger partial charge in [0, 0.05) is 44.0 Å². The Morgan fingerprint density at radius 3 is 1.82 bits per heavy atom. The summed E-state index contributed by atoms with van der Waals surface area (Å²) in [5, 5.41) is 7.19. The molecule has 258 valence electrons. The van der Waals surface area contributed by atoms with E-state index in [1.165, 1.54) is 38.1 Å². The Morgan fingerprint density at radius 1 is 0.382 bits per heavy atom. The van der Waals surface area contributed by atoms with E-state index in [1.54, 1.807) is 0 Å². The van der Waals surface area contributed by atoms with Crippen LogP contribution in [-0.2, 0) is 0 Å². The van der Waals surface area contributed by atoms with Gasteiger partial charge < -0.3 is 13.9 Å². The summed E-state index contributed by atoms with van der Waals surface area (Å²) in [6, 6.07) is 74.0. The summed E-state index contributed by atoms with van der Waals surface area (Å²) in [5.74, 6) is 0. The molecule has 0 spiro atoms. The first-order valence-corrected chi connectivity index (χ1v) is 18.8. The molecule has 0 aliphatic rings. The van der Waals surface area contributed by atoms with Gasteiger partial charge in [0.2, 0.25) is 0 Å². The van der Waals surface area contributed by atoms with Gasteiger partial charge in [-0.15, -0.1) is 0 Å². The molecule has 0 radical (unpaired) electrons. The molecule has 9 aromatic carbocycles. The number of furan rings is 1. The van der Waals surface area contributed by atoms with Crippen LogP contribution in [0.5, 0.6) is 0 Å². The van der Waals surface area contributed by atoms with Crippen LogP contribution in [0, 0.1) is 0 Å². The maximum atomic E-state index is 6.28. The molecule has 3 nitrogen and oxygen atoms in total. The summed E-state index contributed by atoms with van der Waals surface area (Å²) in [5.41, 5.74) is 13.3. The van der Waals surface area contributed by atoms with Crippen LogP contribution in [0.3, 0.4) is 0 Å². The van der Waals surface area contributed by atoms with E-state index in [9.17, 15) is 0 Å². The number of nitrogens with zero attached hydrogens (tertiary/aromatic N) is 2. The smallest absolute Gasteiger partial charge is 0.136 e. The summed E-state index contributed by atoms with van der Waals surface area (Å²) in [6.45, 7) is 0. The zero-order valence-corrected chi connectivity index (χ0v) is 29.9. The fourth-order valence-corrected chi connectivity index (χ4v) is 8.49. The van der Waals surface area contributed by atoms with E-state index >= 15 is 0 Å².